The molecule has 2 aromatic rings. The number of benzene rings is 2. The molecule has 3 rings (SSSR count). The van der Waals surface area contributed by atoms with Crippen molar-refractivity contribution in [3.05, 3.63) is 64.4 Å². The van der Waals surface area contributed by atoms with E-state index < -0.39 is 5.82 Å². The highest BCUT2D eigenvalue weighted by Gasteiger charge is 2.23. The molecule has 0 saturated carbocycles. The summed E-state index contributed by atoms with van der Waals surface area (Å²) in [6.07, 6.45) is 0.682. The molecule has 0 radical (unpaired) electrons. The lowest BCUT2D eigenvalue weighted by Gasteiger charge is -2.26. The Morgan fingerprint density at radius 3 is 2.90 bits per heavy atom. The van der Waals surface area contributed by atoms with Gasteiger partial charge in [0.15, 0.2) is 0 Å². The van der Waals surface area contributed by atoms with Crippen molar-refractivity contribution < 1.29 is 13.9 Å². The molecule has 21 heavy (non-hydrogen) atoms. The first kappa shape index (κ1) is 13.9. The standard InChI is InChI=1S/C16H13ClFNO2/c17-13-9-10(18)5-6-11(13)16(20)19-14-7-8-21-15-4-2-1-3-12(14)15/h1-6,9,14H,7-8H2,(H,19,20)/t14-/m0/s1. The van der Waals surface area contributed by atoms with Crippen LogP contribution >= 0.6 is 11.6 Å². The lowest BCUT2D eigenvalue weighted by Crippen LogP contribution is -2.32. The van der Waals surface area contributed by atoms with E-state index in [-0.39, 0.29) is 22.5 Å². The minimum Gasteiger partial charge on any atom is -0.493 e. The van der Waals surface area contributed by atoms with Gasteiger partial charge in [-0.05, 0) is 24.3 Å². The highest BCUT2D eigenvalue weighted by atomic mass is 35.5. The van der Waals surface area contributed by atoms with Gasteiger partial charge in [-0.25, -0.2) is 4.39 Å². The van der Waals surface area contributed by atoms with Crippen molar-refractivity contribution in [3.63, 3.8) is 0 Å². The van der Waals surface area contributed by atoms with Crippen molar-refractivity contribution in [1.82, 2.24) is 5.32 Å². The second-order valence-corrected chi connectivity index (χ2v) is 5.23. The molecule has 1 aliphatic heterocycles. The summed E-state index contributed by atoms with van der Waals surface area (Å²) in [5, 5.41) is 3.03. The number of para-hydroxylation sites is 1. The van der Waals surface area contributed by atoms with Crippen LogP contribution in [0.4, 0.5) is 4.39 Å². The fourth-order valence-corrected chi connectivity index (χ4v) is 2.65. The number of fused-ring (bicyclic) bond motifs is 1. The number of ether oxygens (including phenoxy) is 1. The molecule has 0 saturated heterocycles. The van der Waals surface area contributed by atoms with E-state index in [1.165, 1.54) is 12.1 Å². The summed E-state index contributed by atoms with van der Waals surface area (Å²) in [6, 6.07) is 11.2. The quantitative estimate of drug-likeness (QED) is 0.918. The molecule has 0 aromatic heterocycles. The van der Waals surface area contributed by atoms with E-state index in [0.717, 1.165) is 17.4 Å². The predicted molar refractivity (Wildman–Crippen MR) is 78.2 cm³/mol. The van der Waals surface area contributed by atoms with Gasteiger partial charge in [0.2, 0.25) is 0 Å². The third-order valence-electron chi connectivity index (χ3n) is 3.44. The Hall–Kier alpha value is -2.07. The van der Waals surface area contributed by atoms with Crippen LogP contribution in [0.2, 0.25) is 5.02 Å². The van der Waals surface area contributed by atoms with Gasteiger partial charge in [0.1, 0.15) is 11.6 Å². The normalized spacial score (nSPS) is 16.8. The molecule has 0 aliphatic carbocycles. The zero-order valence-corrected chi connectivity index (χ0v) is 11.9. The maximum atomic E-state index is 13.0. The molecular weight excluding hydrogens is 293 g/mol. The van der Waals surface area contributed by atoms with Gasteiger partial charge in [0.25, 0.3) is 5.91 Å². The smallest absolute Gasteiger partial charge is 0.253 e. The molecule has 2 aromatic carbocycles. The summed E-state index contributed by atoms with van der Waals surface area (Å²) in [7, 11) is 0. The van der Waals surface area contributed by atoms with Crippen LogP contribution in [0.15, 0.2) is 42.5 Å². The van der Waals surface area contributed by atoms with E-state index in [4.69, 9.17) is 16.3 Å². The van der Waals surface area contributed by atoms with Crippen LogP contribution in [0.1, 0.15) is 28.4 Å². The van der Waals surface area contributed by atoms with Gasteiger partial charge in [-0.3, -0.25) is 4.79 Å². The van der Waals surface area contributed by atoms with Gasteiger partial charge in [-0.1, -0.05) is 29.8 Å². The van der Waals surface area contributed by atoms with Crippen LogP contribution in [0.3, 0.4) is 0 Å². The van der Waals surface area contributed by atoms with Crippen molar-refractivity contribution in [2.75, 3.05) is 6.61 Å². The molecule has 108 valence electrons. The third kappa shape index (κ3) is 2.85. The fraction of sp³-hybridized carbons (Fsp3) is 0.188. The van der Waals surface area contributed by atoms with E-state index in [1.54, 1.807) is 0 Å². The zero-order chi connectivity index (χ0) is 14.8. The van der Waals surface area contributed by atoms with Crippen LogP contribution < -0.4 is 10.1 Å². The zero-order valence-electron chi connectivity index (χ0n) is 11.1. The summed E-state index contributed by atoms with van der Waals surface area (Å²) in [5.41, 5.74) is 1.21. The molecule has 0 fully saturated rings. The van der Waals surface area contributed by atoms with Gasteiger partial charge < -0.3 is 10.1 Å². The maximum Gasteiger partial charge on any atom is 0.253 e. The topological polar surface area (TPSA) is 38.3 Å². The first-order valence-electron chi connectivity index (χ1n) is 6.63. The fourth-order valence-electron chi connectivity index (χ4n) is 2.40. The number of hydrogen-bond donors (Lipinski definition) is 1. The van der Waals surface area contributed by atoms with Crippen molar-refractivity contribution >= 4 is 17.5 Å². The minimum atomic E-state index is -0.465. The third-order valence-corrected chi connectivity index (χ3v) is 3.75. The lowest BCUT2D eigenvalue weighted by atomic mass is 10.00. The van der Waals surface area contributed by atoms with E-state index in [2.05, 4.69) is 5.32 Å². The van der Waals surface area contributed by atoms with E-state index in [1.807, 2.05) is 24.3 Å². The highest BCUT2D eigenvalue weighted by Crippen LogP contribution is 2.32. The van der Waals surface area contributed by atoms with Gasteiger partial charge in [-0.15, -0.1) is 0 Å². The van der Waals surface area contributed by atoms with E-state index >= 15 is 0 Å². The molecule has 1 aliphatic rings. The van der Waals surface area contributed by atoms with Gasteiger partial charge in [-0.2, -0.15) is 0 Å². The molecule has 0 spiro atoms. The molecule has 0 bridgehead atoms. The van der Waals surface area contributed by atoms with Crippen molar-refractivity contribution in [3.8, 4) is 5.75 Å². The summed E-state index contributed by atoms with van der Waals surface area (Å²) < 4.78 is 18.6. The summed E-state index contributed by atoms with van der Waals surface area (Å²) in [5.74, 6) is -0.00563. The number of amides is 1. The Labute approximate surface area is 126 Å². The average Bonchev–Trinajstić information content (AvgIpc) is 2.47. The maximum absolute atomic E-state index is 13.0. The number of hydrogen-bond acceptors (Lipinski definition) is 2. The number of nitrogens with one attached hydrogen (secondary N) is 1. The monoisotopic (exact) mass is 305 g/mol. The Morgan fingerprint density at radius 1 is 1.29 bits per heavy atom. The first-order valence-corrected chi connectivity index (χ1v) is 7.00. The Morgan fingerprint density at radius 2 is 2.10 bits per heavy atom. The van der Waals surface area contributed by atoms with Crippen LogP contribution in [0, 0.1) is 5.82 Å². The second-order valence-electron chi connectivity index (χ2n) is 4.83. The Kier molecular flexibility index (Phi) is 3.80. The van der Waals surface area contributed by atoms with E-state index in [9.17, 15) is 9.18 Å². The van der Waals surface area contributed by atoms with Gasteiger partial charge in [0, 0.05) is 12.0 Å². The number of carbonyl (C=O) groups is 1. The second kappa shape index (κ2) is 5.74. The lowest BCUT2D eigenvalue weighted by molar-refractivity contribution is 0.0925. The largest absolute Gasteiger partial charge is 0.493 e. The molecule has 3 nitrogen and oxygen atoms in total. The molecule has 1 N–H and O–H groups in total. The summed E-state index contributed by atoms with van der Waals surface area (Å²) >= 11 is 5.92. The van der Waals surface area contributed by atoms with Crippen LogP contribution in [-0.2, 0) is 0 Å². The average molecular weight is 306 g/mol. The Bertz CT molecular complexity index is 690. The predicted octanol–water partition coefficient (Wildman–Crippen LogP) is 3.73. The van der Waals surface area contributed by atoms with Gasteiger partial charge in [0.05, 0.1) is 23.2 Å². The number of rotatable bonds is 2. The van der Waals surface area contributed by atoms with Gasteiger partial charge >= 0.3 is 0 Å². The SMILES string of the molecule is O=C(N[C@H]1CCOc2ccccc21)c1ccc(F)cc1Cl. The first-order chi connectivity index (χ1) is 10.1. The highest BCUT2D eigenvalue weighted by molar-refractivity contribution is 6.33. The number of carbonyl (C=O) groups excluding carboxylic acids is 1. The van der Waals surface area contributed by atoms with Crippen molar-refractivity contribution in [2.45, 2.75) is 12.5 Å². The molecule has 5 heteroatoms. The minimum absolute atomic E-state index is 0.104. The van der Waals surface area contributed by atoms with E-state index in [0.29, 0.717) is 13.0 Å². The molecular formula is C16H13ClFNO2. The van der Waals surface area contributed by atoms with Crippen LogP contribution in [0.5, 0.6) is 5.75 Å². The molecule has 1 atom stereocenters. The molecule has 1 heterocycles. The Balaban J connectivity index is 1.83. The summed E-state index contributed by atoms with van der Waals surface area (Å²) in [6.45, 7) is 0.541. The molecule has 0 unspecified atom stereocenters. The molecule has 1 amide bonds. The van der Waals surface area contributed by atoms with Crippen molar-refractivity contribution in [1.29, 1.82) is 0 Å². The number of halogens is 2. The summed E-state index contributed by atoms with van der Waals surface area (Å²) in [4.78, 5) is 12.3. The van der Waals surface area contributed by atoms with Crippen molar-refractivity contribution in [2.24, 2.45) is 0 Å². The van der Waals surface area contributed by atoms with Crippen LogP contribution in [-0.4, -0.2) is 12.5 Å². The van der Waals surface area contributed by atoms with Crippen LogP contribution in [0.25, 0.3) is 0 Å².